The van der Waals surface area contributed by atoms with Gasteiger partial charge in [0.1, 0.15) is 0 Å². The van der Waals surface area contributed by atoms with Crippen LogP contribution in [0.15, 0.2) is 18.2 Å². The summed E-state index contributed by atoms with van der Waals surface area (Å²) in [4.78, 5) is 4.52. The Hall–Kier alpha value is -0.890. The van der Waals surface area contributed by atoms with Crippen molar-refractivity contribution < 1.29 is 0 Å². The van der Waals surface area contributed by atoms with Crippen molar-refractivity contribution in [2.45, 2.75) is 59.0 Å². The van der Waals surface area contributed by atoms with Crippen LogP contribution >= 0.6 is 0 Å². The molecule has 0 fully saturated rings. The molecular weight excluding hydrogens is 196 g/mol. The minimum Gasteiger partial charge on any atom is -0.306 e. The van der Waals surface area contributed by atoms with Crippen LogP contribution in [0.1, 0.15) is 51.4 Å². The van der Waals surface area contributed by atoms with Gasteiger partial charge in [-0.1, -0.05) is 26.8 Å². The van der Waals surface area contributed by atoms with Gasteiger partial charge >= 0.3 is 0 Å². The molecule has 0 unspecified atom stereocenters. The van der Waals surface area contributed by atoms with Crippen LogP contribution < -0.4 is 5.32 Å². The third kappa shape index (κ3) is 3.31. The van der Waals surface area contributed by atoms with Crippen LogP contribution in [0, 0.1) is 6.92 Å². The standard InChI is InChI=1S/C14H24N2/c1-5-14(6-2,7-3)15-11-13-10-8-9-12(4)16-13/h8-10,15H,5-7,11H2,1-4H3. The maximum atomic E-state index is 4.52. The van der Waals surface area contributed by atoms with E-state index in [1.807, 2.05) is 13.0 Å². The molecule has 0 atom stereocenters. The summed E-state index contributed by atoms with van der Waals surface area (Å²) in [5.74, 6) is 0. The van der Waals surface area contributed by atoms with Crippen molar-refractivity contribution in [3.63, 3.8) is 0 Å². The van der Waals surface area contributed by atoms with Gasteiger partial charge in [0.25, 0.3) is 0 Å². The number of aryl methyl sites for hydroxylation is 1. The lowest BCUT2D eigenvalue weighted by Gasteiger charge is -2.31. The van der Waals surface area contributed by atoms with E-state index in [1.54, 1.807) is 0 Å². The zero-order valence-corrected chi connectivity index (χ0v) is 11.0. The summed E-state index contributed by atoms with van der Waals surface area (Å²) in [6.45, 7) is 9.67. The molecule has 0 aliphatic rings. The van der Waals surface area contributed by atoms with Crippen molar-refractivity contribution in [2.24, 2.45) is 0 Å². The van der Waals surface area contributed by atoms with Gasteiger partial charge in [-0.3, -0.25) is 4.98 Å². The van der Waals surface area contributed by atoms with Crippen molar-refractivity contribution in [2.75, 3.05) is 0 Å². The second-order valence-electron chi connectivity index (χ2n) is 4.46. The number of rotatable bonds is 6. The van der Waals surface area contributed by atoms with Gasteiger partial charge in [-0.25, -0.2) is 0 Å². The summed E-state index contributed by atoms with van der Waals surface area (Å²) >= 11 is 0. The number of hydrogen-bond acceptors (Lipinski definition) is 2. The van der Waals surface area contributed by atoms with E-state index in [0.717, 1.165) is 17.9 Å². The lowest BCUT2D eigenvalue weighted by Crippen LogP contribution is -2.43. The predicted octanol–water partition coefficient (Wildman–Crippen LogP) is 3.45. The Kier molecular flexibility index (Phi) is 4.94. The molecule has 0 saturated carbocycles. The molecule has 1 aromatic rings. The molecule has 16 heavy (non-hydrogen) atoms. The van der Waals surface area contributed by atoms with Gasteiger partial charge in [0, 0.05) is 17.8 Å². The van der Waals surface area contributed by atoms with Gasteiger partial charge in [0.2, 0.25) is 0 Å². The number of pyridine rings is 1. The smallest absolute Gasteiger partial charge is 0.0545 e. The van der Waals surface area contributed by atoms with Gasteiger partial charge < -0.3 is 5.32 Å². The van der Waals surface area contributed by atoms with Crippen molar-refractivity contribution in [3.8, 4) is 0 Å². The fourth-order valence-corrected chi connectivity index (χ4v) is 2.10. The lowest BCUT2D eigenvalue weighted by molar-refractivity contribution is 0.286. The second kappa shape index (κ2) is 6.00. The average Bonchev–Trinajstić information content (AvgIpc) is 2.32. The Labute approximate surface area is 99.5 Å². The molecule has 1 N–H and O–H groups in total. The second-order valence-corrected chi connectivity index (χ2v) is 4.46. The van der Waals surface area contributed by atoms with Gasteiger partial charge in [0.05, 0.1) is 5.69 Å². The third-order valence-electron chi connectivity index (χ3n) is 3.62. The van der Waals surface area contributed by atoms with Crippen LogP contribution in [0.4, 0.5) is 0 Å². The zero-order chi connectivity index (χ0) is 12.0. The molecule has 0 aliphatic heterocycles. The van der Waals surface area contributed by atoms with Crippen LogP contribution in [0.2, 0.25) is 0 Å². The fraction of sp³-hybridized carbons (Fsp3) is 0.643. The van der Waals surface area contributed by atoms with Crippen LogP contribution in [0.25, 0.3) is 0 Å². The Balaban J connectivity index is 2.62. The first-order chi connectivity index (χ1) is 7.65. The predicted molar refractivity (Wildman–Crippen MR) is 69.4 cm³/mol. The quantitative estimate of drug-likeness (QED) is 0.794. The van der Waals surface area contributed by atoms with E-state index in [1.165, 1.54) is 19.3 Å². The van der Waals surface area contributed by atoms with E-state index in [0.29, 0.717) is 0 Å². The molecule has 1 heterocycles. The molecule has 2 nitrogen and oxygen atoms in total. The maximum absolute atomic E-state index is 4.52. The molecule has 0 aromatic carbocycles. The van der Waals surface area contributed by atoms with Gasteiger partial charge in [0.15, 0.2) is 0 Å². The highest BCUT2D eigenvalue weighted by Gasteiger charge is 2.22. The normalized spacial score (nSPS) is 11.8. The summed E-state index contributed by atoms with van der Waals surface area (Å²) in [5.41, 5.74) is 2.51. The maximum Gasteiger partial charge on any atom is 0.0545 e. The number of nitrogens with one attached hydrogen (secondary N) is 1. The Morgan fingerprint density at radius 1 is 1.12 bits per heavy atom. The molecule has 1 rings (SSSR count). The highest BCUT2D eigenvalue weighted by molar-refractivity contribution is 5.10. The van der Waals surface area contributed by atoms with E-state index in [2.05, 4.69) is 43.2 Å². The van der Waals surface area contributed by atoms with Crippen LogP contribution in [0.5, 0.6) is 0 Å². The van der Waals surface area contributed by atoms with E-state index in [9.17, 15) is 0 Å². The van der Waals surface area contributed by atoms with E-state index in [4.69, 9.17) is 0 Å². The van der Waals surface area contributed by atoms with Crippen LogP contribution in [-0.2, 0) is 6.54 Å². The summed E-state index contributed by atoms with van der Waals surface area (Å²) < 4.78 is 0. The fourth-order valence-electron chi connectivity index (χ4n) is 2.10. The Morgan fingerprint density at radius 3 is 2.25 bits per heavy atom. The lowest BCUT2D eigenvalue weighted by atomic mass is 9.90. The molecule has 0 aliphatic carbocycles. The molecule has 0 spiro atoms. The first-order valence-electron chi connectivity index (χ1n) is 6.33. The molecule has 90 valence electrons. The highest BCUT2D eigenvalue weighted by Crippen LogP contribution is 2.19. The molecule has 0 bridgehead atoms. The van der Waals surface area contributed by atoms with Crippen molar-refractivity contribution in [1.29, 1.82) is 0 Å². The van der Waals surface area contributed by atoms with E-state index >= 15 is 0 Å². The summed E-state index contributed by atoms with van der Waals surface area (Å²) in [6, 6.07) is 6.20. The first-order valence-corrected chi connectivity index (χ1v) is 6.33. The van der Waals surface area contributed by atoms with Crippen molar-refractivity contribution in [3.05, 3.63) is 29.6 Å². The molecule has 0 radical (unpaired) electrons. The summed E-state index contributed by atoms with van der Waals surface area (Å²) in [6.07, 6.45) is 3.52. The first kappa shape index (κ1) is 13.2. The van der Waals surface area contributed by atoms with Gasteiger partial charge in [-0.15, -0.1) is 0 Å². The SMILES string of the molecule is CCC(CC)(CC)NCc1cccc(C)n1. The van der Waals surface area contributed by atoms with Crippen molar-refractivity contribution >= 4 is 0 Å². The van der Waals surface area contributed by atoms with E-state index in [-0.39, 0.29) is 5.54 Å². The molecule has 0 amide bonds. The van der Waals surface area contributed by atoms with Gasteiger partial charge in [-0.05, 0) is 38.3 Å². The molecule has 0 saturated heterocycles. The monoisotopic (exact) mass is 220 g/mol. The Bertz CT molecular complexity index is 308. The zero-order valence-electron chi connectivity index (χ0n) is 11.0. The third-order valence-corrected chi connectivity index (χ3v) is 3.62. The molecule has 1 aromatic heterocycles. The topological polar surface area (TPSA) is 24.9 Å². The van der Waals surface area contributed by atoms with Crippen LogP contribution in [0.3, 0.4) is 0 Å². The number of hydrogen-bond donors (Lipinski definition) is 1. The largest absolute Gasteiger partial charge is 0.306 e. The summed E-state index contributed by atoms with van der Waals surface area (Å²) in [7, 11) is 0. The highest BCUT2D eigenvalue weighted by atomic mass is 15.0. The average molecular weight is 220 g/mol. The minimum atomic E-state index is 0.283. The van der Waals surface area contributed by atoms with Crippen molar-refractivity contribution in [1.82, 2.24) is 10.3 Å². The number of aromatic nitrogens is 1. The summed E-state index contributed by atoms with van der Waals surface area (Å²) in [5, 5.41) is 3.66. The molecule has 2 heteroatoms. The van der Waals surface area contributed by atoms with Gasteiger partial charge in [-0.2, -0.15) is 0 Å². The molecular formula is C14H24N2. The number of nitrogens with zero attached hydrogens (tertiary/aromatic N) is 1. The van der Waals surface area contributed by atoms with Crippen LogP contribution in [-0.4, -0.2) is 10.5 Å². The van der Waals surface area contributed by atoms with E-state index < -0.39 is 0 Å². The Morgan fingerprint density at radius 2 is 1.75 bits per heavy atom. The minimum absolute atomic E-state index is 0.283.